The molecule has 0 saturated heterocycles. The van der Waals surface area contributed by atoms with Crippen LogP contribution in [-0.2, 0) is 6.18 Å². The zero-order chi connectivity index (χ0) is 11.9. The van der Waals surface area contributed by atoms with Gasteiger partial charge in [-0.2, -0.15) is 13.2 Å². The summed E-state index contributed by atoms with van der Waals surface area (Å²) in [6.45, 7) is 0. The Morgan fingerprint density at radius 3 is 2.62 bits per heavy atom. The van der Waals surface area contributed by atoms with Crippen LogP contribution in [0.5, 0.6) is 0 Å². The minimum Gasteiger partial charge on any atom is -0.329 e. The summed E-state index contributed by atoms with van der Waals surface area (Å²) in [6.07, 6.45) is -4.65. The molecule has 0 amide bonds. The molecule has 2 aromatic rings. The van der Waals surface area contributed by atoms with Crippen LogP contribution in [0.15, 0.2) is 18.2 Å². The number of aromatic amines is 1. The van der Waals surface area contributed by atoms with Crippen molar-refractivity contribution in [1.29, 1.82) is 0 Å². The zero-order valence-corrected chi connectivity index (χ0v) is 7.58. The fourth-order valence-electron chi connectivity index (χ4n) is 1.30. The SMILES string of the molecule is O=[N+]([O-])c1cccc2nc(C(F)(F)F)[nH]c12. The van der Waals surface area contributed by atoms with Crippen LogP contribution in [0.4, 0.5) is 18.9 Å². The first-order valence-corrected chi connectivity index (χ1v) is 4.10. The molecule has 0 atom stereocenters. The normalized spacial score (nSPS) is 11.9. The van der Waals surface area contributed by atoms with E-state index in [1.54, 1.807) is 0 Å². The average Bonchev–Trinajstić information content (AvgIpc) is 2.59. The van der Waals surface area contributed by atoms with Crippen LogP contribution in [0, 0.1) is 10.1 Å². The van der Waals surface area contributed by atoms with E-state index >= 15 is 0 Å². The number of H-pyrrole nitrogens is 1. The summed E-state index contributed by atoms with van der Waals surface area (Å²) < 4.78 is 36.9. The van der Waals surface area contributed by atoms with E-state index in [0.717, 1.165) is 6.07 Å². The lowest BCUT2D eigenvalue weighted by Gasteiger charge is -1.99. The second-order valence-corrected chi connectivity index (χ2v) is 3.01. The molecule has 1 N–H and O–H groups in total. The molecular formula is C8H4F3N3O2. The Hall–Kier alpha value is -2.12. The number of benzene rings is 1. The number of nitro groups is 1. The molecule has 1 aromatic heterocycles. The molecule has 8 heteroatoms. The van der Waals surface area contributed by atoms with Crippen molar-refractivity contribution in [2.75, 3.05) is 0 Å². The van der Waals surface area contributed by atoms with Crippen molar-refractivity contribution in [2.24, 2.45) is 0 Å². The van der Waals surface area contributed by atoms with Crippen molar-refractivity contribution in [2.45, 2.75) is 6.18 Å². The molecule has 1 heterocycles. The van der Waals surface area contributed by atoms with E-state index in [0.29, 0.717) is 0 Å². The van der Waals surface area contributed by atoms with Crippen LogP contribution in [-0.4, -0.2) is 14.9 Å². The number of rotatable bonds is 1. The van der Waals surface area contributed by atoms with Gasteiger partial charge >= 0.3 is 6.18 Å². The van der Waals surface area contributed by atoms with Crippen molar-refractivity contribution in [3.63, 3.8) is 0 Å². The number of halogens is 3. The van der Waals surface area contributed by atoms with Gasteiger partial charge in [-0.1, -0.05) is 6.07 Å². The molecule has 16 heavy (non-hydrogen) atoms. The summed E-state index contributed by atoms with van der Waals surface area (Å²) >= 11 is 0. The molecule has 0 saturated carbocycles. The number of imidazole rings is 1. The summed E-state index contributed by atoms with van der Waals surface area (Å²) in [4.78, 5) is 14.9. The van der Waals surface area contributed by atoms with E-state index in [1.165, 1.54) is 12.1 Å². The molecule has 84 valence electrons. The predicted octanol–water partition coefficient (Wildman–Crippen LogP) is 2.49. The molecule has 5 nitrogen and oxygen atoms in total. The summed E-state index contributed by atoms with van der Waals surface area (Å²) in [5.74, 6) is -1.24. The second-order valence-electron chi connectivity index (χ2n) is 3.01. The van der Waals surface area contributed by atoms with E-state index in [1.807, 2.05) is 4.98 Å². The van der Waals surface area contributed by atoms with Gasteiger partial charge in [0.25, 0.3) is 5.69 Å². The van der Waals surface area contributed by atoms with Crippen molar-refractivity contribution in [1.82, 2.24) is 9.97 Å². The minimum atomic E-state index is -4.65. The third kappa shape index (κ3) is 1.58. The number of para-hydroxylation sites is 1. The molecule has 2 rings (SSSR count). The van der Waals surface area contributed by atoms with Crippen LogP contribution in [0.25, 0.3) is 11.0 Å². The second kappa shape index (κ2) is 3.19. The van der Waals surface area contributed by atoms with Crippen LogP contribution < -0.4 is 0 Å². The van der Waals surface area contributed by atoms with E-state index in [4.69, 9.17) is 0 Å². The predicted molar refractivity (Wildman–Crippen MR) is 47.8 cm³/mol. The van der Waals surface area contributed by atoms with Gasteiger partial charge in [-0.25, -0.2) is 4.98 Å². The van der Waals surface area contributed by atoms with Crippen LogP contribution >= 0.6 is 0 Å². The lowest BCUT2D eigenvalue weighted by molar-refractivity contribution is -0.383. The molecular weight excluding hydrogens is 227 g/mol. The number of nitrogens with zero attached hydrogens (tertiary/aromatic N) is 2. The molecule has 0 aliphatic heterocycles. The quantitative estimate of drug-likeness (QED) is 0.605. The number of hydrogen-bond acceptors (Lipinski definition) is 3. The lowest BCUT2D eigenvalue weighted by Crippen LogP contribution is -2.06. The number of alkyl halides is 3. The molecule has 0 spiro atoms. The van der Waals surface area contributed by atoms with Crippen molar-refractivity contribution in [3.05, 3.63) is 34.1 Å². The topological polar surface area (TPSA) is 71.8 Å². The molecule has 0 aliphatic carbocycles. The number of fused-ring (bicyclic) bond motifs is 1. The standard InChI is InChI=1S/C8H4F3N3O2/c9-8(10,11)7-12-4-2-1-3-5(14(15)16)6(4)13-7/h1-3H,(H,12,13). The summed E-state index contributed by atoms with van der Waals surface area (Å²) in [5, 5.41) is 10.6. The fourth-order valence-corrected chi connectivity index (χ4v) is 1.30. The highest BCUT2D eigenvalue weighted by Gasteiger charge is 2.35. The Morgan fingerprint density at radius 1 is 1.38 bits per heavy atom. The van der Waals surface area contributed by atoms with Gasteiger partial charge in [0.1, 0.15) is 5.52 Å². The molecule has 1 aromatic carbocycles. The Labute approximate surface area is 86.1 Å². The Kier molecular flexibility index (Phi) is 2.07. The minimum absolute atomic E-state index is 0.0819. The monoisotopic (exact) mass is 231 g/mol. The number of hydrogen-bond donors (Lipinski definition) is 1. The Morgan fingerprint density at radius 2 is 2.06 bits per heavy atom. The number of nitro benzene ring substituents is 1. The van der Waals surface area contributed by atoms with Gasteiger partial charge in [-0.05, 0) is 6.07 Å². The summed E-state index contributed by atoms with van der Waals surface area (Å²) in [5.41, 5.74) is -0.734. The van der Waals surface area contributed by atoms with Gasteiger partial charge in [-0.3, -0.25) is 10.1 Å². The molecule has 0 bridgehead atoms. The summed E-state index contributed by atoms with van der Waals surface area (Å²) in [7, 11) is 0. The van der Waals surface area contributed by atoms with Crippen LogP contribution in [0.1, 0.15) is 5.82 Å². The molecule has 0 aliphatic rings. The number of non-ortho nitro benzene ring substituents is 1. The lowest BCUT2D eigenvalue weighted by atomic mass is 10.3. The fraction of sp³-hybridized carbons (Fsp3) is 0.125. The summed E-state index contributed by atoms with van der Waals surface area (Å²) in [6, 6.07) is 3.66. The van der Waals surface area contributed by atoms with E-state index < -0.39 is 22.6 Å². The highest BCUT2D eigenvalue weighted by Crippen LogP contribution is 2.31. The molecule has 0 unspecified atom stereocenters. The van der Waals surface area contributed by atoms with Gasteiger partial charge in [0, 0.05) is 6.07 Å². The molecule has 0 radical (unpaired) electrons. The third-order valence-electron chi connectivity index (χ3n) is 1.96. The highest BCUT2D eigenvalue weighted by atomic mass is 19.4. The van der Waals surface area contributed by atoms with Crippen molar-refractivity contribution < 1.29 is 18.1 Å². The van der Waals surface area contributed by atoms with Crippen molar-refractivity contribution >= 4 is 16.7 Å². The van der Waals surface area contributed by atoms with Crippen molar-refractivity contribution in [3.8, 4) is 0 Å². The maximum absolute atomic E-state index is 12.3. The first kappa shape index (κ1) is 10.4. The van der Waals surface area contributed by atoms with Crippen LogP contribution in [0.3, 0.4) is 0 Å². The number of nitrogens with one attached hydrogen (secondary N) is 1. The highest BCUT2D eigenvalue weighted by molar-refractivity contribution is 5.84. The first-order valence-electron chi connectivity index (χ1n) is 4.10. The Bertz CT molecular complexity index is 561. The van der Waals surface area contributed by atoms with Gasteiger partial charge in [0.2, 0.25) is 5.82 Å². The van der Waals surface area contributed by atoms with E-state index in [2.05, 4.69) is 4.98 Å². The third-order valence-corrected chi connectivity index (χ3v) is 1.96. The van der Waals surface area contributed by atoms with Gasteiger partial charge < -0.3 is 4.98 Å². The van der Waals surface area contributed by atoms with Gasteiger partial charge in [0.15, 0.2) is 0 Å². The maximum atomic E-state index is 12.3. The van der Waals surface area contributed by atoms with Gasteiger partial charge in [0.05, 0.1) is 10.4 Å². The Balaban J connectivity index is 2.71. The van der Waals surface area contributed by atoms with E-state index in [9.17, 15) is 23.3 Å². The first-order chi connectivity index (χ1) is 7.39. The number of aromatic nitrogens is 2. The molecule has 0 fully saturated rings. The zero-order valence-electron chi connectivity index (χ0n) is 7.58. The largest absolute Gasteiger partial charge is 0.449 e. The van der Waals surface area contributed by atoms with E-state index in [-0.39, 0.29) is 11.0 Å². The van der Waals surface area contributed by atoms with Crippen LogP contribution in [0.2, 0.25) is 0 Å². The smallest absolute Gasteiger partial charge is 0.329 e. The maximum Gasteiger partial charge on any atom is 0.449 e. The van der Waals surface area contributed by atoms with Gasteiger partial charge in [-0.15, -0.1) is 0 Å². The average molecular weight is 231 g/mol.